The number of hydrogen-bond donors (Lipinski definition) is 4. The van der Waals surface area contributed by atoms with E-state index in [4.69, 9.17) is 4.74 Å². The number of nitrogens with one attached hydrogen (secondary N) is 2. The van der Waals surface area contributed by atoms with Gasteiger partial charge in [0.25, 0.3) is 11.8 Å². The molecule has 4 N–H and O–H groups in total. The van der Waals surface area contributed by atoms with E-state index in [0.717, 1.165) is 0 Å². The molecule has 0 saturated heterocycles. The van der Waals surface area contributed by atoms with Gasteiger partial charge < -0.3 is 20.3 Å². The molecule has 164 valence electrons. The van der Waals surface area contributed by atoms with Crippen LogP contribution in [0.1, 0.15) is 26.3 Å². The highest BCUT2D eigenvalue weighted by Gasteiger charge is 2.15. The molecule has 0 radical (unpaired) electrons. The second-order valence-electron chi connectivity index (χ2n) is 6.39. The molecular formula is C22H17Br2N3O5. The minimum absolute atomic E-state index is 0.0882. The highest BCUT2D eigenvalue weighted by atomic mass is 79.9. The fourth-order valence-corrected chi connectivity index (χ4v) is 3.84. The predicted octanol–water partition coefficient (Wildman–Crippen LogP) is 4.65. The Bertz CT molecular complexity index is 1210. The maximum atomic E-state index is 12.6. The lowest BCUT2D eigenvalue weighted by Gasteiger charge is -2.11. The van der Waals surface area contributed by atoms with Crippen molar-refractivity contribution in [3.8, 4) is 17.2 Å². The predicted molar refractivity (Wildman–Crippen MR) is 128 cm³/mol. The fraction of sp³-hybridized carbons (Fsp3) is 0.0455. The van der Waals surface area contributed by atoms with Crippen molar-refractivity contribution in [2.75, 3.05) is 12.4 Å². The van der Waals surface area contributed by atoms with Gasteiger partial charge in [-0.1, -0.05) is 18.2 Å². The number of ether oxygens (including phenoxy) is 1. The van der Waals surface area contributed by atoms with Crippen LogP contribution in [0.5, 0.6) is 17.2 Å². The molecule has 0 fully saturated rings. The van der Waals surface area contributed by atoms with Crippen LogP contribution in [-0.2, 0) is 0 Å². The third-order valence-corrected chi connectivity index (χ3v) is 5.67. The van der Waals surface area contributed by atoms with Crippen LogP contribution >= 0.6 is 31.9 Å². The second-order valence-corrected chi connectivity index (χ2v) is 8.04. The summed E-state index contributed by atoms with van der Waals surface area (Å²) in [6.07, 6.45) is 1.22. The molecule has 10 heteroatoms. The van der Waals surface area contributed by atoms with E-state index < -0.39 is 11.8 Å². The van der Waals surface area contributed by atoms with Crippen LogP contribution in [0.4, 0.5) is 5.69 Å². The van der Waals surface area contributed by atoms with Crippen molar-refractivity contribution in [3.05, 3.63) is 80.2 Å². The van der Waals surface area contributed by atoms with E-state index in [-0.39, 0.29) is 27.1 Å². The molecular weight excluding hydrogens is 546 g/mol. The summed E-state index contributed by atoms with van der Waals surface area (Å²) in [6.45, 7) is 0. The van der Waals surface area contributed by atoms with Crippen molar-refractivity contribution < 1.29 is 24.5 Å². The van der Waals surface area contributed by atoms with Gasteiger partial charge in [0.1, 0.15) is 21.7 Å². The van der Waals surface area contributed by atoms with Crippen LogP contribution < -0.4 is 15.5 Å². The fourth-order valence-electron chi connectivity index (χ4n) is 2.68. The Morgan fingerprint density at radius 1 is 1.00 bits per heavy atom. The number of carbonyl (C=O) groups is 2. The van der Waals surface area contributed by atoms with Crippen LogP contribution in [0, 0.1) is 0 Å². The standard InChI is InChI=1S/C22H17Br2N3O5/c1-32-14-6-4-5-12(9-14)21(30)26-17-8-3-2-7-15(17)22(31)27-25-11-13-10-16(23)20(29)18(24)19(13)28/h2-11,28-29H,1H3,(H,26,30)(H,27,31). The van der Waals surface area contributed by atoms with Gasteiger partial charge in [-0.25, -0.2) is 5.43 Å². The Kier molecular flexibility index (Phi) is 7.49. The van der Waals surface area contributed by atoms with Crippen molar-refractivity contribution in [2.45, 2.75) is 0 Å². The minimum Gasteiger partial charge on any atom is -0.506 e. The van der Waals surface area contributed by atoms with Crippen LogP contribution in [0.3, 0.4) is 0 Å². The van der Waals surface area contributed by atoms with Crippen molar-refractivity contribution >= 4 is 55.6 Å². The first-order chi connectivity index (χ1) is 15.3. The van der Waals surface area contributed by atoms with E-state index in [9.17, 15) is 19.8 Å². The molecule has 32 heavy (non-hydrogen) atoms. The number of rotatable bonds is 6. The van der Waals surface area contributed by atoms with Gasteiger partial charge in [0.05, 0.1) is 29.0 Å². The maximum Gasteiger partial charge on any atom is 0.273 e. The van der Waals surface area contributed by atoms with Crippen molar-refractivity contribution in [1.82, 2.24) is 5.43 Å². The number of hydrogen-bond acceptors (Lipinski definition) is 6. The van der Waals surface area contributed by atoms with Gasteiger partial charge in [0.2, 0.25) is 0 Å². The first kappa shape index (κ1) is 23.3. The van der Waals surface area contributed by atoms with Gasteiger partial charge in [-0.05, 0) is 68.3 Å². The Hall–Kier alpha value is -3.37. The number of methoxy groups -OCH3 is 1. The molecule has 3 rings (SSSR count). The number of phenols is 2. The SMILES string of the molecule is COc1cccc(C(=O)Nc2ccccc2C(=O)NN=Cc2cc(Br)c(O)c(Br)c2O)c1. The lowest BCUT2D eigenvalue weighted by Crippen LogP contribution is -2.21. The molecule has 0 aromatic heterocycles. The van der Waals surface area contributed by atoms with E-state index in [0.29, 0.717) is 21.5 Å². The molecule has 0 unspecified atom stereocenters. The summed E-state index contributed by atoms with van der Waals surface area (Å²) < 4.78 is 5.55. The molecule has 0 saturated carbocycles. The second kappa shape index (κ2) is 10.3. The average Bonchev–Trinajstić information content (AvgIpc) is 2.81. The summed E-state index contributed by atoms with van der Waals surface area (Å²) in [5, 5.41) is 26.4. The normalized spacial score (nSPS) is 10.7. The average molecular weight is 563 g/mol. The number of benzene rings is 3. The molecule has 0 heterocycles. The van der Waals surface area contributed by atoms with E-state index >= 15 is 0 Å². The lowest BCUT2D eigenvalue weighted by molar-refractivity contribution is 0.0956. The largest absolute Gasteiger partial charge is 0.506 e. The summed E-state index contributed by atoms with van der Waals surface area (Å²) >= 11 is 6.23. The Morgan fingerprint density at radius 3 is 2.50 bits per heavy atom. The third-order valence-electron chi connectivity index (χ3n) is 4.32. The number of nitrogens with zero attached hydrogens (tertiary/aromatic N) is 1. The number of para-hydroxylation sites is 1. The summed E-state index contributed by atoms with van der Waals surface area (Å²) in [7, 11) is 1.51. The van der Waals surface area contributed by atoms with Crippen LogP contribution in [0.2, 0.25) is 0 Å². The van der Waals surface area contributed by atoms with Crippen LogP contribution in [0.25, 0.3) is 0 Å². The first-order valence-electron chi connectivity index (χ1n) is 9.09. The number of hydrazone groups is 1. The quantitative estimate of drug-likeness (QED) is 0.257. The van der Waals surface area contributed by atoms with Crippen LogP contribution in [0.15, 0.2) is 68.6 Å². The van der Waals surface area contributed by atoms with Gasteiger partial charge in [-0.2, -0.15) is 5.10 Å². The molecule has 0 aliphatic rings. The lowest BCUT2D eigenvalue weighted by atomic mass is 10.1. The first-order valence-corrected chi connectivity index (χ1v) is 10.7. The summed E-state index contributed by atoms with van der Waals surface area (Å²) in [5.41, 5.74) is 3.47. The monoisotopic (exact) mass is 561 g/mol. The number of phenolic OH excluding ortho intramolecular Hbond substituents is 2. The van der Waals surface area contributed by atoms with Crippen molar-refractivity contribution in [2.24, 2.45) is 5.10 Å². The molecule has 0 aliphatic heterocycles. The molecule has 0 aliphatic carbocycles. The van der Waals surface area contributed by atoms with E-state index in [2.05, 4.69) is 47.7 Å². The number of amides is 2. The molecule has 3 aromatic carbocycles. The number of halogens is 2. The number of anilines is 1. The summed E-state index contributed by atoms with van der Waals surface area (Å²) in [4.78, 5) is 25.2. The van der Waals surface area contributed by atoms with Gasteiger partial charge >= 0.3 is 0 Å². The maximum absolute atomic E-state index is 12.6. The van der Waals surface area contributed by atoms with E-state index in [1.165, 1.54) is 25.5 Å². The number of carbonyl (C=O) groups excluding carboxylic acids is 2. The van der Waals surface area contributed by atoms with Crippen molar-refractivity contribution in [3.63, 3.8) is 0 Å². The molecule has 2 amide bonds. The molecule has 0 spiro atoms. The number of aromatic hydroxyl groups is 2. The molecule has 8 nitrogen and oxygen atoms in total. The van der Waals surface area contributed by atoms with Crippen molar-refractivity contribution in [1.29, 1.82) is 0 Å². The topological polar surface area (TPSA) is 120 Å². The zero-order valence-corrected chi connectivity index (χ0v) is 19.8. The Morgan fingerprint density at radius 2 is 1.75 bits per heavy atom. The zero-order valence-electron chi connectivity index (χ0n) is 16.6. The highest BCUT2D eigenvalue weighted by Crippen LogP contribution is 2.40. The zero-order chi connectivity index (χ0) is 23.3. The molecule has 3 aromatic rings. The van der Waals surface area contributed by atoms with Gasteiger partial charge in [0.15, 0.2) is 0 Å². The smallest absolute Gasteiger partial charge is 0.273 e. The Balaban J connectivity index is 1.76. The molecule has 0 bridgehead atoms. The molecule has 0 atom stereocenters. The summed E-state index contributed by atoms with van der Waals surface area (Å²) in [5.74, 6) is -0.844. The summed E-state index contributed by atoms with van der Waals surface area (Å²) in [6, 6.07) is 14.5. The van der Waals surface area contributed by atoms with E-state index in [1.807, 2.05) is 0 Å². The van der Waals surface area contributed by atoms with Crippen LogP contribution in [-0.4, -0.2) is 35.4 Å². The minimum atomic E-state index is -0.570. The Labute approximate surface area is 200 Å². The van der Waals surface area contributed by atoms with Gasteiger partial charge in [-0.15, -0.1) is 0 Å². The van der Waals surface area contributed by atoms with E-state index in [1.54, 1.807) is 42.5 Å². The van der Waals surface area contributed by atoms with Gasteiger partial charge in [-0.3, -0.25) is 9.59 Å². The highest BCUT2D eigenvalue weighted by molar-refractivity contribution is 9.11. The third kappa shape index (κ3) is 5.27. The van der Waals surface area contributed by atoms with Gasteiger partial charge in [0, 0.05) is 11.1 Å².